The largest absolute Gasteiger partial charge is 0.466 e. The minimum absolute atomic E-state index is 0.295. The van der Waals surface area contributed by atoms with E-state index in [1.165, 1.54) is 24.3 Å². The van der Waals surface area contributed by atoms with Crippen LogP contribution in [0.1, 0.15) is 27.2 Å². The normalized spacial score (nSPS) is 10.0. The maximum atomic E-state index is 10.6. The van der Waals surface area contributed by atoms with Crippen LogP contribution < -0.4 is 0 Å². The van der Waals surface area contributed by atoms with E-state index < -0.39 is 0 Å². The van der Waals surface area contributed by atoms with Crippen LogP contribution in [0.25, 0.3) is 0 Å². The van der Waals surface area contributed by atoms with Crippen molar-refractivity contribution in [3.05, 3.63) is 23.3 Å². The van der Waals surface area contributed by atoms with Crippen LogP contribution in [0.5, 0.6) is 0 Å². The molecule has 2 heteroatoms. The quantitative estimate of drug-likeness (QED) is 0.367. The summed E-state index contributed by atoms with van der Waals surface area (Å²) in [7, 11) is 1.38. The van der Waals surface area contributed by atoms with Crippen molar-refractivity contribution in [2.75, 3.05) is 7.11 Å². The zero-order valence-corrected chi connectivity index (χ0v) is 8.18. The van der Waals surface area contributed by atoms with Crippen LogP contribution in [0.15, 0.2) is 23.3 Å². The summed E-state index contributed by atoms with van der Waals surface area (Å²) < 4.78 is 4.45. The molecule has 0 radical (unpaired) electrons. The number of hydrogen-bond acceptors (Lipinski definition) is 2. The minimum Gasteiger partial charge on any atom is -0.466 e. The van der Waals surface area contributed by atoms with E-state index >= 15 is 0 Å². The fraction of sp³-hybridized carbons (Fsp3) is 0.500. The van der Waals surface area contributed by atoms with Gasteiger partial charge in [-0.25, -0.2) is 4.79 Å². The highest BCUT2D eigenvalue weighted by Crippen LogP contribution is 2.06. The molecule has 0 aliphatic heterocycles. The molecule has 0 fully saturated rings. The van der Waals surface area contributed by atoms with Crippen molar-refractivity contribution >= 4 is 5.97 Å². The van der Waals surface area contributed by atoms with E-state index in [2.05, 4.69) is 25.5 Å². The summed E-state index contributed by atoms with van der Waals surface area (Å²) in [6.45, 7) is 6.17. The van der Waals surface area contributed by atoms with Gasteiger partial charge in [-0.1, -0.05) is 17.2 Å². The van der Waals surface area contributed by atoms with Crippen LogP contribution in [0.4, 0.5) is 0 Å². The summed E-state index contributed by atoms with van der Waals surface area (Å²) in [5.74, 6) is -0.295. The molecular weight excluding hydrogens is 152 g/mol. The average Bonchev–Trinajstić information content (AvgIpc) is 2.03. The molecule has 0 unspecified atom stereocenters. The lowest BCUT2D eigenvalue weighted by atomic mass is 10.1. The van der Waals surface area contributed by atoms with Crippen molar-refractivity contribution in [1.82, 2.24) is 0 Å². The first kappa shape index (κ1) is 11.0. The predicted octanol–water partition coefficient (Wildman–Crippen LogP) is 2.46. The molecule has 0 atom stereocenters. The van der Waals surface area contributed by atoms with E-state index in [9.17, 15) is 4.79 Å². The topological polar surface area (TPSA) is 26.3 Å². The second-order valence-corrected chi connectivity index (χ2v) is 2.91. The monoisotopic (exact) mass is 168 g/mol. The first-order chi connectivity index (χ1) is 5.57. The number of esters is 1. The molecule has 0 saturated heterocycles. The Morgan fingerprint density at radius 2 is 1.92 bits per heavy atom. The lowest BCUT2D eigenvalue weighted by Gasteiger charge is -1.97. The zero-order chi connectivity index (χ0) is 9.56. The number of rotatable bonds is 3. The Kier molecular flexibility index (Phi) is 5.09. The van der Waals surface area contributed by atoms with Gasteiger partial charge >= 0.3 is 5.97 Å². The maximum absolute atomic E-state index is 10.6. The van der Waals surface area contributed by atoms with E-state index in [0.717, 1.165) is 6.42 Å². The molecule has 0 aromatic carbocycles. The van der Waals surface area contributed by atoms with Gasteiger partial charge in [0.05, 0.1) is 7.11 Å². The smallest absolute Gasteiger partial charge is 0.330 e. The van der Waals surface area contributed by atoms with Crippen molar-refractivity contribution in [2.24, 2.45) is 0 Å². The third-order valence-corrected chi connectivity index (χ3v) is 1.73. The van der Waals surface area contributed by atoms with Gasteiger partial charge in [0.15, 0.2) is 0 Å². The van der Waals surface area contributed by atoms with Crippen molar-refractivity contribution in [2.45, 2.75) is 27.2 Å². The highest BCUT2D eigenvalue weighted by atomic mass is 16.5. The first-order valence-electron chi connectivity index (χ1n) is 3.95. The van der Waals surface area contributed by atoms with E-state index in [-0.39, 0.29) is 5.97 Å². The SMILES string of the molecule is COC(=O)/C=C/CC(C)=C(C)C. The molecule has 2 nitrogen and oxygen atoms in total. The van der Waals surface area contributed by atoms with Crippen molar-refractivity contribution in [3.63, 3.8) is 0 Å². The third-order valence-electron chi connectivity index (χ3n) is 1.73. The fourth-order valence-electron chi connectivity index (χ4n) is 0.604. The molecule has 0 aromatic heterocycles. The van der Waals surface area contributed by atoms with Gasteiger partial charge in [0.2, 0.25) is 0 Å². The second kappa shape index (κ2) is 5.58. The molecule has 0 rings (SSSR count). The highest BCUT2D eigenvalue weighted by Gasteiger charge is 1.91. The van der Waals surface area contributed by atoms with Gasteiger partial charge in [-0.3, -0.25) is 0 Å². The Morgan fingerprint density at radius 3 is 2.33 bits per heavy atom. The molecular formula is C10H16O2. The van der Waals surface area contributed by atoms with Gasteiger partial charge < -0.3 is 4.74 Å². The number of carbonyl (C=O) groups excluding carboxylic acids is 1. The van der Waals surface area contributed by atoms with E-state index in [1.54, 1.807) is 0 Å². The summed E-state index contributed by atoms with van der Waals surface area (Å²) in [5, 5.41) is 0. The standard InChI is InChI=1S/C10H16O2/c1-8(2)9(3)6-5-7-10(11)12-4/h5,7H,6H2,1-4H3/b7-5+. The molecule has 0 aromatic rings. The number of allylic oxidation sites excluding steroid dienone is 3. The lowest BCUT2D eigenvalue weighted by molar-refractivity contribution is -0.134. The minimum atomic E-state index is -0.295. The fourth-order valence-corrected chi connectivity index (χ4v) is 0.604. The number of methoxy groups -OCH3 is 1. The van der Waals surface area contributed by atoms with Gasteiger partial charge in [0, 0.05) is 6.08 Å². The summed E-state index contributed by atoms with van der Waals surface area (Å²) in [5.41, 5.74) is 2.58. The summed E-state index contributed by atoms with van der Waals surface area (Å²) >= 11 is 0. The van der Waals surface area contributed by atoms with Gasteiger partial charge in [-0.15, -0.1) is 0 Å². The third kappa shape index (κ3) is 4.72. The Morgan fingerprint density at radius 1 is 1.33 bits per heavy atom. The molecule has 0 N–H and O–H groups in total. The predicted molar refractivity (Wildman–Crippen MR) is 49.8 cm³/mol. The molecule has 0 amide bonds. The summed E-state index contributed by atoms with van der Waals surface area (Å²) in [6, 6.07) is 0. The second-order valence-electron chi connectivity index (χ2n) is 2.91. The van der Waals surface area contributed by atoms with Crippen LogP contribution in [0, 0.1) is 0 Å². The molecule has 68 valence electrons. The van der Waals surface area contributed by atoms with Gasteiger partial charge in [-0.05, 0) is 27.2 Å². The molecule has 12 heavy (non-hydrogen) atoms. The van der Waals surface area contributed by atoms with Crippen LogP contribution in [0.3, 0.4) is 0 Å². The number of carbonyl (C=O) groups is 1. The molecule has 0 bridgehead atoms. The van der Waals surface area contributed by atoms with Gasteiger partial charge in [0.1, 0.15) is 0 Å². The molecule has 0 aliphatic rings. The average molecular weight is 168 g/mol. The van der Waals surface area contributed by atoms with E-state index in [1.807, 2.05) is 6.08 Å². The Balaban J connectivity index is 3.92. The number of ether oxygens (including phenoxy) is 1. The molecule has 0 aliphatic carbocycles. The summed E-state index contributed by atoms with van der Waals surface area (Å²) in [4.78, 5) is 10.6. The van der Waals surface area contributed by atoms with Crippen LogP contribution >= 0.6 is 0 Å². The van der Waals surface area contributed by atoms with Gasteiger partial charge in [-0.2, -0.15) is 0 Å². The molecule has 0 saturated carbocycles. The van der Waals surface area contributed by atoms with E-state index in [4.69, 9.17) is 0 Å². The summed E-state index contributed by atoms with van der Waals surface area (Å²) in [6.07, 6.45) is 4.08. The zero-order valence-electron chi connectivity index (χ0n) is 8.18. The Hall–Kier alpha value is -1.05. The van der Waals surface area contributed by atoms with Crippen LogP contribution in [0.2, 0.25) is 0 Å². The van der Waals surface area contributed by atoms with Crippen molar-refractivity contribution < 1.29 is 9.53 Å². The van der Waals surface area contributed by atoms with Crippen molar-refractivity contribution in [1.29, 1.82) is 0 Å². The van der Waals surface area contributed by atoms with Crippen LogP contribution in [-0.4, -0.2) is 13.1 Å². The molecule has 0 spiro atoms. The maximum Gasteiger partial charge on any atom is 0.330 e. The number of hydrogen-bond donors (Lipinski definition) is 0. The van der Waals surface area contributed by atoms with E-state index in [0.29, 0.717) is 0 Å². The lowest BCUT2D eigenvalue weighted by Crippen LogP contribution is -1.93. The highest BCUT2D eigenvalue weighted by molar-refractivity contribution is 5.81. The van der Waals surface area contributed by atoms with Crippen molar-refractivity contribution in [3.8, 4) is 0 Å². The first-order valence-corrected chi connectivity index (χ1v) is 3.95. The Bertz CT molecular complexity index is 208. The Labute approximate surface area is 73.9 Å². The molecule has 0 heterocycles. The van der Waals surface area contributed by atoms with Gasteiger partial charge in [0.25, 0.3) is 0 Å². The van der Waals surface area contributed by atoms with Crippen LogP contribution in [-0.2, 0) is 9.53 Å².